The molecule has 98 valence electrons. The van der Waals surface area contributed by atoms with Crippen LogP contribution in [0.5, 0.6) is 5.75 Å². The van der Waals surface area contributed by atoms with Crippen LogP contribution in [0.15, 0.2) is 16.6 Å². The number of ether oxygens (including phenoxy) is 1. The van der Waals surface area contributed by atoms with E-state index in [-0.39, 0.29) is 0 Å². The number of alkyl halides is 1. The highest BCUT2D eigenvalue weighted by molar-refractivity contribution is 9.10. The van der Waals surface area contributed by atoms with Crippen LogP contribution in [0.1, 0.15) is 24.0 Å². The Hall–Kier alpha value is -0.610. The Labute approximate surface area is 115 Å². The van der Waals surface area contributed by atoms with E-state index in [2.05, 4.69) is 27.3 Å². The molecule has 0 spiro atoms. The Morgan fingerprint density at radius 1 is 1.44 bits per heavy atom. The van der Waals surface area contributed by atoms with Crippen LogP contribution >= 0.6 is 15.9 Å². The van der Waals surface area contributed by atoms with Gasteiger partial charge in [0.25, 0.3) is 0 Å². The maximum absolute atomic E-state index is 14.7. The van der Waals surface area contributed by atoms with Gasteiger partial charge in [-0.2, -0.15) is 0 Å². The van der Waals surface area contributed by atoms with E-state index in [1.54, 1.807) is 0 Å². The zero-order chi connectivity index (χ0) is 12.6. The van der Waals surface area contributed by atoms with Crippen LogP contribution < -0.4 is 10.1 Å². The SMILES string of the molecule is FC1(Cc2cc(Br)cc3c2OCC3)CCCNC1. The van der Waals surface area contributed by atoms with Gasteiger partial charge in [0.05, 0.1) is 6.61 Å². The number of hydrogen-bond acceptors (Lipinski definition) is 2. The zero-order valence-corrected chi connectivity index (χ0v) is 11.9. The Morgan fingerprint density at radius 2 is 2.33 bits per heavy atom. The van der Waals surface area contributed by atoms with Crippen LogP contribution in [0.4, 0.5) is 4.39 Å². The lowest BCUT2D eigenvalue weighted by molar-refractivity contribution is 0.121. The monoisotopic (exact) mass is 313 g/mol. The summed E-state index contributed by atoms with van der Waals surface area (Å²) in [5, 5.41) is 3.15. The number of halogens is 2. The van der Waals surface area contributed by atoms with Gasteiger partial charge in [-0.1, -0.05) is 15.9 Å². The minimum absolute atomic E-state index is 0.446. The summed E-state index contributed by atoms with van der Waals surface area (Å²) >= 11 is 3.50. The molecule has 18 heavy (non-hydrogen) atoms. The first kappa shape index (κ1) is 12.4. The summed E-state index contributed by atoms with van der Waals surface area (Å²) in [5.74, 6) is 0.917. The van der Waals surface area contributed by atoms with Gasteiger partial charge in [-0.15, -0.1) is 0 Å². The van der Waals surface area contributed by atoms with Gasteiger partial charge in [-0.3, -0.25) is 0 Å². The maximum Gasteiger partial charge on any atom is 0.127 e. The molecule has 2 aliphatic heterocycles. The van der Waals surface area contributed by atoms with Crippen LogP contribution in [-0.2, 0) is 12.8 Å². The molecule has 0 radical (unpaired) electrons. The van der Waals surface area contributed by atoms with E-state index in [1.165, 1.54) is 5.56 Å². The third kappa shape index (κ3) is 2.41. The molecule has 0 saturated carbocycles. The number of hydrogen-bond donors (Lipinski definition) is 1. The van der Waals surface area contributed by atoms with Gasteiger partial charge in [0.15, 0.2) is 0 Å². The number of nitrogens with one attached hydrogen (secondary N) is 1. The molecule has 1 aromatic carbocycles. The Bertz CT molecular complexity index is 457. The minimum Gasteiger partial charge on any atom is -0.493 e. The highest BCUT2D eigenvalue weighted by atomic mass is 79.9. The highest BCUT2D eigenvalue weighted by Crippen LogP contribution is 2.37. The molecule has 1 aromatic rings. The quantitative estimate of drug-likeness (QED) is 0.906. The molecule has 1 N–H and O–H groups in total. The fourth-order valence-electron chi connectivity index (χ4n) is 2.90. The first-order chi connectivity index (χ1) is 8.66. The van der Waals surface area contributed by atoms with E-state index in [0.29, 0.717) is 19.4 Å². The lowest BCUT2D eigenvalue weighted by Gasteiger charge is -2.30. The van der Waals surface area contributed by atoms with Gasteiger partial charge in [0.1, 0.15) is 11.4 Å². The predicted molar refractivity (Wildman–Crippen MR) is 73.0 cm³/mol. The zero-order valence-electron chi connectivity index (χ0n) is 10.3. The first-order valence-electron chi connectivity index (χ1n) is 6.50. The van der Waals surface area contributed by atoms with Crippen molar-refractivity contribution in [2.45, 2.75) is 31.4 Å². The van der Waals surface area contributed by atoms with Crippen LogP contribution in [0.3, 0.4) is 0 Å². The van der Waals surface area contributed by atoms with Crippen molar-refractivity contribution in [2.24, 2.45) is 0 Å². The number of rotatable bonds is 2. The number of benzene rings is 1. The van der Waals surface area contributed by atoms with E-state index in [0.717, 1.165) is 41.8 Å². The molecule has 1 saturated heterocycles. The van der Waals surface area contributed by atoms with E-state index >= 15 is 0 Å². The average Bonchev–Trinajstić information content (AvgIpc) is 2.77. The Kier molecular flexibility index (Phi) is 3.32. The second-order valence-corrected chi connectivity index (χ2v) is 6.18. The maximum atomic E-state index is 14.7. The molecule has 2 nitrogen and oxygen atoms in total. The van der Waals surface area contributed by atoms with E-state index in [4.69, 9.17) is 4.74 Å². The number of piperidine rings is 1. The van der Waals surface area contributed by atoms with Crippen molar-refractivity contribution in [1.82, 2.24) is 5.32 Å². The smallest absolute Gasteiger partial charge is 0.127 e. The summed E-state index contributed by atoms with van der Waals surface area (Å²) in [7, 11) is 0. The van der Waals surface area contributed by atoms with Crippen molar-refractivity contribution < 1.29 is 9.13 Å². The predicted octanol–water partition coefficient (Wildman–Crippen LogP) is 3.02. The average molecular weight is 314 g/mol. The van der Waals surface area contributed by atoms with Gasteiger partial charge in [-0.05, 0) is 42.6 Å². The minimum atomic E-state index is -1.13. The Balaban J connectivity index is 1.88. The molecule has 0 aliphatic carbocycles. The van der Waals surface area contributed by atoms with Crippen molar-refractivity contribution in [2.75, 3.05) is 19.7 Å². The van der Waals surface area contributed by atoms with Crippen molar-refractivity contribution in [1.29, 1.82) is 0 Å². The molecule has 1 atom stereocenters. The second kappa shape index (κ2) is 4.82. The molecule has 0 aromatic heterocycles. The van der Waals surface area contributed by atoms with Crippen molar-refractivity contribution >= 4 is 15.9 Å². The molecule has 3 rings (SSSR count). The lowest BCUT2D eigenvalue weighted by atomic mass is 9.88. The third-order valence-corrected chi connectivity index (χ3v) is 4.21. The molecule has 2 heterocycles. The summed E-state index contributed by atoms with van der Waals surface area (Å²) in [5.41, 5.74) is 1.08. The summed E-state index contributed by atoms with van der Waals surface area (Å²) in [6, 6.07) is 4.08. The van der Waals surface area contributed by atoms with E-state index in [9.17, 15) is 4.39 Å². The van der Waals surface area contributed by atoms with Crippen LogP contribution in [0.25, 0.3) is 0 Å². The molecule has 0 amide bonds. The van der Waals surface area contributed by atoms with E-state index < -0.39 is 5.67 Å². The molecule has 1 fully saturated rings. The fraction of sp³-hybridized carbons (Fsp3) is 0.571. The van der Waals surface area contributed by atoms with Gasteiger partial charge >= 0.3 is 0 Å². The van der Waals surface area contributed by atoms with Gasteiger partial charge in [0.2, 0.25) is 0 Å². The number of fused-ring (bicyclic) bond motifs is 1. The van der Waals surface area contributed by atoms with Crippen molar-refractivity contribution in [3.63, 3.8) is 0 Å². The molecule has 2 aliphatic rings. The largest absolute Gasteiger partial charge is 0.493 e. The van der Waals surface area contributed by atoms with E-state index in [1.807, 2.05) is 6.07 Å². The molecule has 1 unspecified atom stereocenters. The summed E-state index contributed by atoms with van der Waals surface area (Å²) < 4.78 is 21.4. The Morgan fingerprint density at radius 3 is 3.11 bits per heavy atom. The summed E-state index contributed by atoms with van der Waals surface area (Å²) in [6.45, 7) is 2.10. The van der Waals surface area contributed by atoms with Crippen LogP contribution in [-0.4, -0.2) is 25.4 Å². The van der Waals surface area contributed by atoms with Crippen molar-refractivity contribution in [3.05, 3.63) is 27.7 Å². The normalized spacial score (nSPS) is 26.8. The lowest BCUT2D eigenvalue weighted by Crippen LogP contribution is -2.43. The standard InChI is InChI=1S/C14H17BrFNO/c15-12-6-10-2-5-18-13(10)11(7-12)8-14(16)3-1-4-17-9-14/h6-7,17H,1-5,8-9H2. The van der Waals surface area contributed by atoms with Crippen LogP contribution in [0.2, 0.25) is 0 Å². The first-order valence-corrected chi connectivity index (χ1v) is 7.29. The topological polar surface area (TPSA) is 21.3 Å². The third-order valence-electron chi connectivity index (χ3n) is 3.75. The molecule has 4 heteroatoms. The van der Waals surface area contributed by atoms with Gasteiger partial charge < -0.3 is 10.1 Å². The van der Waals surface area contributed by atoms with Gasteiger partial charge in [-0.25, -0.2) is 4.39 Å². The van der Waals surface area contributed by atoms with Gasteiger partial charge in [0, 0.05) is 23.9 Å². The summed E-state index contributed by atoms with van der Waals surface area (Å²) in [4.78, 5) is 0. The molecule has 0 bridgehead atoms. The fourth-order valence-corrected chi connectivity index (χ4v) is 3.45. The van der Waals surface area contributed by atoms with Crippen LogP contribution in [0, 0.1) is 0 Å². The molecular weight excluding hydrogens is 297 g/mol. The highest BCUT2D eigenvalue weighted by Gasteiger charge is 2.33. The second-order valence-electron chi connectivity index (χ2n) is 5.26. The summed E-state index contributed by atoms with van der Waals surface area (Å²) in [6.07, 6.45) is 2.93. The van der Waals surface area contributed by atoms with Crippen molar-refractivity contribution in [3.8, 4) is 5.75 Å². The molecular formula is C14H17BrFNO.